The van der Waals surface area contributed by atoms with Crippen LogP contribution < -0.4 is 5.56 Å². The molecule has 6 heteroatoms. The maximum Gasteiger partial charge on any atom is 0.267 e. The number of fused-ring (bicyclic) bond motifs is 1. The fraction of sp³-hybridized carbons (Fsp3) is 0.312. The van der Waals surface area contributed by atoms with Gasteiger partial charge >= 0.3 is 0 Å². The van der Waals surface area contributed by atoms with Crippen molar-refractivity contribution in [1.29, 1.82) is 0 Å². The van der Waals surface area contributed by atoms with E-state index in [1.54, 1.807) is 19.1 Å². The van der Waals surface area contributed by atoms with Crippen molar-refractivity contribution in [1.82, 2.24) is 19.7 Å². The van der Waals surface area contributed by atoms with Crippen LogP contribution in [0, 0.1) is 12.7 Å². The summed E-state index contributed by atoms with van der Waals surface area (Å²) in [6.07, 6.45) is 2.82. The van der Waals surface area contributed by atoms with Crippen LogP contribution in [-0.4, -0.2) is 19.7 Å². The molecule has 118 valence electrons. The van der Waals surface area contributed by atoms with Crippen molar-refractivity contribution in [2.75, 3.05) is 0 Å². The van der Waals surface area contributed by atoms with Crippen LogP contribution in [0.25, 0.3) is 16.7 Å². The molecule has 0 bridgehead atoms. The van der Waals surface area contributed by atoms with E-state index in [9.17, 15) is 9.18 Å². The minimum atomic E-state index is -0.487. The molecule has 2 aromatic heterocycles. The summed E-state index contributed by atoms with van der Waals surface area (Å²) in [5, 5.41) is 6.69. The van der Waals surface area contributed by atoms with E-state index in [1.807, 2.05) is 27.7 Å². The van der Waals surface area contributed by atoms with Gasteiger partial charge in [-0.3, -0.25) is 14.5 Å². The van der Waals surface area contributed by atoms with E-state index in [-0.39, 0.29) is 16.5 Å². The predicted octanol–water partition coefficient (Wildman–Crippen LogP) is 3.61. The van der Waals surface area contributed by atoms with Crippen molar-refractivity contribution < 1.29 is 4.39 Å². The van der Waals surface area contributed by atoms with Gasteiger partial charge in [-0.15, -0.1) is 0 Å². The van der Waals surface area contributed by atoms with Crippen LogP contribution in [0.4, 0.5) is 4.39 Å². The Morgan fingerprint density at radius 1 is 1.18 bits per heavy atom. The molecule has 1 aromatic carbocycles. The van der Waals surface area contributed by atoms with Crippen molar-refractivity contribution in [2.24, 2.45) is 0 Å². The van der Waals surface area contributed by atoms with Gasteiger partial charge in [-0.25, -0.2) is 9.37 Å². The fourth-order valence-corrected chi connectivity index (χ4v) is 1.88. The summed E-state index contributed by atoms with van der Waals surface area (Å²) < 4.78 is 15.0. The molecule has 3 rings (SSSR count). The number of H-pyrrole nitrogens is 1. The lowest BCUT2D eigenvalue weighted by atomic mass is 10.1. The van der Waals surface area contributed by atoms with Crippen LogP contribution in [0.5, 0.6) is 0 Å². The van der Waals surface area contributed by atoms with Gasteiger partial charge in [0.1, 0.15) is 23.5 Å². The Bertz CT molecular complexity index is 779. The first kappa shape index (κ1) is 17.6. The lowest BCUT2D eigenvalue weighted by Gasteiger charge is -2.05. The van der Waals surface area contributed by atoms with E-state index in [0.717, 1.165) is 0 Å². The summed E-state index contributed by atoms with van der Waals surface area (Å²) in [4.78, 5) is 16.2. The topological polar surface area (TPSA) is 63.6 Å². The van der Waals surface area contributed by atoms with Crippen molar-refractivity contribution >= 4 is 10.9 Å². The molecular weight excluding hydrogens is 283 g/mol. The second-order valence-electron chi connectivity index (χ2n) is 4.00. The smallest absolute Gasteiger partial charge is 0.267 e. The molecule has 5 nitrogen and oxygen atoms in total. The zero-order valence-electron chi connectivity index (χ0n) is 13.5. The highest BCUT2D eigenvalue weighted by molar-refractivity contribution is 5.79. The predicted molar refractivity (Wildman–Crippen MR) is 86.9 cm³/mol. The highest BCUT2D eigenvalue weighted by Crippen LogP contribution is 2.14. The maximum absolute atomic E-state index is 13.7. The first-order chi connectivity index (χ1) is 10.7. The fourth-order valence-electron chi connectivity index (χ4n) is 1.88. The third kappa shape index (κ3) is 3.39. The Morgan fingerprint density at radius 2 is 1.86 bits per heavy atom. The zero-order chi connectivity index (χ0) is 16.7. The summed E-state index contributed by atoms with van der Waals surface area (Å²) in [6.45, 7) is 9.73. The van der Waals surface area contributed by atoms with E-state index >= 15 is 0 Å². The minimum Gasteiger partial charge on any atom is -0.268 e. The molecule has 0 aliphatic rings. The highest BCUT2D eigenvalue weighted by Gasteiger charge is 2.10. The highest BCUT2D eigenvalue weighted by atomic mass is 19.1. The number of nitrogens with one attached hydrogen (secondary N) is 1. The van der Waals surface area contributed by atoms with Gasteiger partial charge in [-0.05, 0) is 24.6 Å². The van der Waals surface area contributed by atoms with E-state index < -0.39 is 5.82 Å². The maximum atomic E-state index is 13.7. The van der Waals surface area contributed by atoms with Gasteiger partial charge in [-0.1, -0.05) is 27.7 Å². The normalized spacial score (nSPS) is 9.55. The average molecular weight is 304 g/mol. The quantitative estimate of drug-likeness (QED) is 0.747. The Balaban J connectivity index is 0.000000561. The molecule has 22 heavy (non-hydrogen) atoms. The number of benzene rings is 1. The van der Waals surface area contributed by atoms with Gasteiger partial charge in [-0.2, -0.15) is 5.10 Å². The van der Waals surface area contributed by atoms with Crippen molar-refractivity contribution in [3.63, 3.8) is 0 Å². The summed E-state index contributed by atoms with van der Waals surface area (Å²) in [7, 11) is 0. The molecule has 0 saturated carbocycles. The van der Waals surface area contributed by atoms with Crippen molar-refractivity contribution in [3.8, 4) is 5.82 Å². The zero-order valence-corrected chi connectivity index (χ0v) is 13.5. The minimum absolute atomic E-state index is 0.0846. The van der Waals surface area contributed by atoms with Gasteiger partial charge < -0.3 is 0 Å². The summed E-state index contributed by atoms with van der Waals surface area (Å²) >= 11 is 0. The summed E-state index contributed by atoms with van der Waals surface area (Å²) in [6, 6.07) is 4.62. The second-order valence-corrected chi connectivity index (χ2v) is 4.00. The van der Waals surface area contributed by atoms with Gasteiger partial charge in [0.15, 0.2) is 0 Å². The van der Waals surface area contributed by atoms with Gasteiger partial charge in [0, 0.05) is 6.07 Å². The van der Waals surface area contributed by atoms with Crippen LogP contribution in [0.3, 0.4) is 0 Å². The standard InChI is InChI=1S/C12H9FN4O.2C2H6/c1-7-4-8-11(9(13)5-7)14-6-17(12(8)18)10-2-3-15-16-10;2*1-2/h2-6H,1H3,(H,15,16);2*1-2H3. The molecule has 3 aromatic rings. The third-order valence-corrected chi connectivity index (χ3v) is 2.70. The Morgan fingerprint density at radius 3 is 2.45 bits per heavy atom. The number of nitrogens with zero attached hydrogens (tertiary/aromatic N) is 3. The molecule has 0 unspecified atom stereocenters. The van der Waals surface area contributed by atoms with E-state index in [1.165, 1.54) is 23.2 Å². The van der Waals surface area contributed by atoms with Gasteiger partial charge in [0.05, 0.1) is 11.6 Å². The molecule has 0 amide bonds. The number of hydrogen-bond donors (Lipinski definition) is 1. The van der Waals surface area contributed by atoms with Gasteiger partial charge in [0.25, 0.3) is 5.56 Å². The third-order valence-electron chi connectivity index (χ3n) is 2.70. The van der Waals surface area contributed by atoms with Crippen molar-refractivity contribution in [3.05, 3.63) is 52.5 Å². The molecule has 0 fully saturated rings. The molecule has 0 radical (unpaired) electrons. The van der Waals surface area contributed by atoms with E-state index in [4.69, 9.17) is 0 Å². The molecule has 2 heterocycles. The number of rotatable bonds is 1. The summed E-state index contributed by atoms with van der Waals surface area (Å²) in [5.41, 5.74) is 0.439. The van der Waals surface area contributed by atoms with Crippen LogP contribution in [0.1, 0.15) is 33.3 Å². The van der Waals surface area contributed by atoms with E-state index in [2.05, 4.69) is 15.2 Å². The largest absolute Gasteiger partial charge is 0.268 e. The number of aromatic amines is 1. The number of aryl methyl sites for hydroxylation is 1. The molecule has 0 aliphatic heterocycles. The molecule has 1 N–H and O–H groups in total. The van der Waals surface area contributed by atoms with Crippen LogP contribution in [0.2, 0.25) is 0 Å². The SMILES string of the molecule is CC.CC.Cc1cc(F)c2ncn(-c3ccn[nH]3)c(=O)c2c1. The first-order valence-corrected chi connectivity index (χ1v) is 7.34. The summed E-state index contributed by atoms with van der Waals surface area (Å²) in [5.74, 6) is 0.00942. The molecular formula is C16H21FN4O. The number of aromatic nitrogens is 4. The lowest BCUT2D eigenvalue weighted by Crippen LogP contribution is -2.19. The van der Waals surface area contributed by atoms with Crippen LogP contribution in [-0.2, 0) is 0 Å². The Labute approximate surface area is 128 Å². The van der Waals surface area contributed by atoms with Crippen LogP contribution in [0.15, 0.2) is 35.5 Å². The van der Waals surface area contributed by atoms with Gasteiger partial charge in [0.2, 0.25) is 0 Å². The monoisotopic (exact) mass is 304 g/mol. The number of hydrogen-bond acceptors (Lipinski definition) is 3. The first-order valence-electron chi connectivity index (χ1n) is 7.34. The van der Waals surface area contributed by atoms with Crippen molar-refractivity contribution in [2.45, 2.75) is 34.6 Å². The molecule has 0 saturated heterocycles. The lowest BCUT2D eigenvalue weighted by molar-refractivity contribution is 0.634. The molecule has 0 atom stereocenters. The van der Waals surface area contributed by atoms with Crippen LogP contribution >= 0.6 is 0 Å². The van der Waals surface area contributed by atoms with E-state index in [0.29, 0.717) is 11.4 Å². The molecule has 0 spiro atoms. The second kappa shape index (κ2) is 8.07. The average Bonchev–Trinajstić information content (AvgIpc) is 3.06. The number of halogens is 1. The molecule has 0 aliphatic carbocycles. The Kier molecular flexibility index (Phi) is 6.44. The Hall–Kier alpha value is -2.50.